The van der Waals surface area contributed by atoms with Crippen LogP contribution in [-0.4, -0.2) is 10.7 Å². The summed E-state index contributed by atoms with van der Waals surface area (Å²) in [5.74, 6) is 1.32. The van der Waals surface area contributed by atoms with Crippen molar-refractivity contribution in [2.45, 2.75) is 50.7 Å². The Bertz CT molecular complexity index is 460. The second kappa shape index (κ2) is 4.43. The second-order valence-electron chi connectivity index (χ2n) is 5.72. The molecule has 2 nitrogen and oxygen atoms in total. The number of ether oxygens (including phenoxy) is 1. The van der Waals surface area contributed by atoms with E-state index in [-0.39, 0.29) is 5.60 Å². The summed E-state index contributed by atoms with van der Waals surface area (Å²) >= 11 is 5.98. The van der Waals surface area contributed by atoms with Crippen LogP contribution in [0, 0.1) is 5.92 Å². The van der Waals surface area contributed by atoms with E-state index in [9.17, 15) is 5.11 Å². The minimum absolute atomic E-state index is 0.168. The molecule has 98 valence electrons. The largest absolute Gasteiger partial charge is 0.487 e. The van der Waals surface area contributed by atoms with Gasteiger partial charge < -0.3 is 9.84 Å². The van der Waals surface area contributed by atoms with Crippen LogP contribution in [0.5, 0.6) is 5.75 Å². The van der Waals surface area contributed by atoms with Gasteiger partial charge in [0.25, 0.3) is 0 Å². The molecular formula is C15H19ClO2. The van der Waals surface area contributed by atoms with Gasteiger partial charge in [-0.05, 0) is 43.4 Å². The number of aliphatic hydroxyl groups is 1. The van der Waals surface area contributed by atoms with Crippen LogP contribution in [0.25, 0.3) is 0 Å². The first-order valence-electron chi connectivity index (χ1n) is 6.77. The predicted molar refractivity (Wildman–Crippen MR) is 72.0 cm³/mol. The zero-order chi connectivity index (χ0) is 12.8. The molecule has 0 saturated heterocycles. The van der Waals surface area contributed by atoms with E-state index < -0.39 is 6.10 Å². The fraction of sp³-hybridized carbons (Fsp3) is 0.600. The van der Waals surface area contributed by atoms with Crippen molar-refractivity contribution in [2.75, 3.05) is 0 Å². The monoisotopic (exact) mass is 266 g/mol. The lowest BCUT2D eigenvalue weighted by molar-refractivity contribution is -0.0717. The Labute approximate surface area is 113 Å². The summed E-state index contributed by atoms with van der Waals surface area (Å²) in [5.41, 5.74) is 0.671. The Morgan fingerprint density at radius 1 is 1.39 bits per heavy atom. The fourth-order valence-corrected chi connectivity index (χ4v) is 3.59. The zero-order valence-corrected chi connectivity index (χ0v) is 11.4. The van der Waals surface area contributed by atoms with Crippen LogP contribution in [0.2, 0.25) is 5.02 Å². The van der Waals surface area contributed by atoms with E-state index >= 15 is 0 Å². The lowest BCUT2D eigenvalue weighted by atomic mass is 9.71. The summed E-state index contributed by atoms with van der Waals surface area (Å²) in [6.45, 7) is 2.24. The molecule has 18 heavy (non-hydrogen) atoms. The molecule has 1 saturated carbocycles. The van der Waals surface area contributed by atoms with Crippen molar-refractivity contribution >= 4 is 11.6 Å². The van der Waals surface area contributed by atoms with Crippen LogP contribution in [0.4, 0.5) is 0 Å². The molecule has 0 radical (unpaired) electrons. The molecule has 1 spiro atoms. The van der Waals surface area contributed by atoms with Crippen molar-refractivity contribution in [3.8, 4) is 5.75 Å². The zero-order valence-electron chi connectivity index (χ0n) is 10.7. The summed E-state index contributed by atoms with van der Waals surface area (Å²) in [5, 5.41) is 11.0. The maximum Gasteiger partial charge on any atom is 0.126 e. The Kier molecular flexibility index (Phi) is 3.03. The number of hydrogen-bond acceptors (Lipinski definition) is 2. The molecule has 1 aromatic rings. The average molecular weight is 267 g/mol. The van der Waals surface area contributed by atoms with Crippen LogP contribution in [-0.2, 0) is 0 Å². The van der Waals surface area contributed by atoms with Crippen LogP contribution in [0.15, 0.2) is 18.2 Å². The molecule has 3 atom stereocenters. The Morgan fingerprint density at radius 2 is 2.22 bits per heavy atom. The van der Waals surface area contributed by atoms with Gasteiger partial charge in [-0.15, -0.1) is 0 Å². The molecule has 1 aliphatic heterocycles. The van der Waals surface area contributed by atoms with E-state index in [2.05, 4.69) is 6.92 Å². The highest BCUT2D eigenvalue weighted by atomic mass is 35.5. The van der Waals surface area contributed by atoms with E-state index in [1.165, 1.54) is 19.3 Å². The average Bonchev–Trinajstić information content (AvgIpc) is 2.34. The third-order valence-electron chi connectivity index (χ3n) is 4.57. The third kappa shape index (κ3) is 1.92. The van der Waals surface area contributed by atoms with Crippen LogP contribution in [0.3, 0.4) is 0 Å². The van der Waals surface area contributed by atoms with Gasteiger partial charge in [0.15, 0.2) is 0 Å². The molecule has 0 bridgehead atoms. The molecule has 1 heterocycles. The number of fused-ring (bicyclic) bond motifs is 1. The topological polar surface area (TPSA) is 29.5 Å². The van der Waals surface area contributed by atoms with Gasteiger partial charge in [-0.1, -0.05) is 24.9 Å². The minimum atomic E-state index is -0.451. The molecule has 0 amide bonds. The lowest BCUT2D eigenvalue weighted by Gasteiger charge is -2.47. The van der Waals surface area contributed by atoms with Crippen molar-refractivity contribution < 1.29 is 9.84 Å². The standard InChI is InChI=1S/C15H19ClO2/c1-10-4-2-3-7-15(10)9-13(17)12-8-11(16)5-6-14(12)18-15/h5-6,8,10,13,17H,2-4,7,9H2,1H3/t10?,13-,15?/m0/s1. The van der Waals surface area contributed by atoms with Crippen LogP contribution < -0.4 is 4.74 Å². The molecular weight excluding hydrogens is 248 g/mol. The van der Waals surface area contributed by atoms with Gasteiger partial charge in [0.05, 0.1) is 6.10 Å². The van der Waals surface area contributed by atoms with Gasteiger partial charge in [0, 0.05) is 17.0 Å². The summed E-state index contributed by atoms with van der Waals surface area (Å²) in [6, 6.07) is 5.55. The molecule has 1 aliphatic carbocycles. The number of halogens is 1. The lowest BCUT2D eigenvalue weighted by Crippen LogP contribution is -2.48. The number of benzene rings is 1. The first kappa shape index (κ1) is 12.3. The van der Waals surface area contributed by atoms with E-state index in [1.807, 2.05) is 18.2 Å². The molecule has 3 heteroatoms. The van der Waals surface area contributed by atoms with Gasteiger partial charge in [0.1, 0.15) is 11.4 Å². The highest BCUT2D eigenvalue weighted by Crippen LogP contribution is 2.48. The van der Waals surface area contributed by atoms with Crippen LogP contribution in [0.1, 0.15) is 50.7 Å². The maximum absolute atomic E-state index is 10.4. The second-order valence-corrected chi connectivity index (χ2v) is 6.15. The highest BCUT2D eigenvalue weighted by molar-refractivity contribution is 6.30. The van der Waals surface area contributed by atoms with E-state index in [0.717, 1.165) is 17.7 Å². The molecule has 2 aliphatic rings. The quantitative estimate of drug-likeness (QED) is 0.766. The van der Waals surface area contributed by atoms with Gasteiger partial charge in [-0.25, -0.2) is 0 Å². The number of hydrogen-bond donors (Lipinski definition) is 1. The predicted octanol–water partition coefficient (Wildman–Crippen LogP) is 4.10. The van der Waals surface area contributed by atoms with Gasteiger partial charge >= 0.3 is 0 Å². The van der Waals surface area contributed by atoms with Crippen molar-refractivity contribution in [2.24, 2.45) is 5.92 Å². The van der Waals surface area contributed by atoms with Crippen molar-refractivity contribution in [3.05, 3.63) is 28.8 Å². The Morgan fingerprint density at radius 3 is 3.00 bits per heavy atom. The number of rotatable bonds is 0. The molecule has 1 N–H and O–H groups in total. The summed E-state index contributed by atoms with van der Waals surface area (Å²) in [7, 11) is 0. The highest BCUT2D eigenvalue weighted by Gasteiger charge is 2.45. The maximum atomic E-state index is 10.4. The fourth-order valence-electron chi connectivity index (χ4n) is 3.41. The van der Waals surface area contributed by atoms with Gasteiger partial charge in [0.2, 0.25) is 0 Å². The smallest absolute Gasteiger partial charge is 0.126 e. The molecule has 2 unspecified atom stereocenters. The third-order valence-corrected chi connectivity index (χ3v) is 4.80. The van der Waals surface area contributed by atoms with Gasteiger partial charge in [-0.2, -0.15) is 0 Å². The van der Waals surface area contributed by atoms with E-state index in [1.54, 1.807) is 0 Å². The molecule has 3 rings (SSSR count). The first-order valence-corrected chi connectivity index (χ1v) is 7.15. The SMILES string of the molecule is CC1CCCCC12C[C@H](O)c1cc(Cl)ccc1O2. The minimum Gasteiger partial charge on any atom is -0.487 e. The van der Waals surface area contributed by atoms with Crippen LogP contribution >= 0.6 is 11.6 Å². The first-order chi connectivity index (χ1) is 8.61. The Balaban J connectivity index is 1.98. The van der Waals surface area contributed by atoms with Gasteiger partial charge in [-0.3, -0.25) is 0 Å². The van der Waals surface area contributed by atoms with Crippen molar-refractivity contribution in [1.29, 1.82) is 0 Å². The summed E-state index contributed by atoms with van der Waals surface area (Å²) in [6.07, 6.45) is 4.95. The van der Waals surface area contributed by atoms with Crippen molar-refractivity contribution in [1.82, 2.24) is 0 Å². The van der Waals surface area contributed by atoms with E-state index in [4.69, 9.17) is 16.3 Å². The molecule has 0 aromatic heterocycles. The Hall–Kier alpha value is -0.730. The summed E-state index contributed by atoms with van der Waals surface area (Å²) < 4.78 is 6.28. The molecule has 1 fully saturated rings. The normalized spacial score (nSPS) is 35.1. The molecule has 1 aromatic carbocycles. The van der Waals surface area contributed by atoms with E-state index in [0.29, 0.717) is 17.4 Å². The summed E-state index contributed by atoms with van der Waals surface area (Å²) in [4.78, 5) is 0. The van der Waals surface area contributed by atoms with Crippen molar-refractivity contribution in [3.63, 3.8) is 0 Å². The number of aliphatic hydroxyl groups excluding tert-OH is 1.